The summed E-state index contributed by atoms with van der Waals surface area (Å²) in [6.45, 7) is 3.86. The molecule has 0 radical (unpaired) electrons. The van der Waals surface area contributed by atoms with Gasteiger partial charge < -0.3 is 14.8 Å². The number of ether oxygens (including phenoxy) is 2. The normalized spacial score (nSPS) is 22.7. The minimum Gasteiger partial charge on any atom is -0.372 e. The first kappa shape index (κ1) is 10.5. The van der Waals surface area contributed by atoms with Crippen LogP contribution in [-0.4, -0.2) is 31.9 Å². The largest absolute Gasteiger partial charge is 0.372 e. The Labute approximate surface area is 79.1 Å². The number of hydrogen-bond donors (Lipinski definition) is 2. The van der Waals surface area contributed by atoms with Gasteiger partial charge in [-0.2, -0.15) is 0 Å². The zero-order chi connectivity index (χ0) is 9.52. The second-order valence-corrected chi connectivity index (χ2v) is 3.12. The zero-order valence-electron chi connectivity index (χ0n) is 8.14. The fraction of sp³-hybridized carbons (Fsp3) is 0.889. The summed E-state index contributed by atoms with van der Waals surface area (Å²) in [5.74, 6) is 0.427. The average Bonchev–Trinajstić information content (AvgIpc) is 2.17. The van der Waals surface area contributed by atoms with Crippen molar-refractivity contribution in [2.45, 2.75) is 32.5 Å². The van der Waals surface area contributed by atoms with E-state index in [9.17, 15) is 0 Å². The van der Waals surface area contributed by atoms with Crippen LogP contribution in [0.2, 0.25) is 0 Å². The van der Waals surface area contributed by atoms with Crippen molar-refractivity contribution < 1.29 is 9.47 Å². The maximum absolute atomic E-state index is 7.42. The summed E-state index contributed by atoms with van der Waals surface area (Å²) in [6, 6.07) is 0. The van der Waals surface area contributed by atoms with Gasteiger partial charge in [0.2, 0.25) is 0 Å². The first-order valence-corrected chi connectivity index (χ1v) is 4.87. The summed E-state index contributed by atoms with van der Waals surface area (Å²) in [4.78, 5) is 0. The van der Waals surface area contributed by atoms with Gasteiger partial charge in [0.05, 0.1) is 0 Å². The van der Waals surface area contributed by atoms with E-state index < -0.39 is 0 Å². The van der Waals surface area contributed by atoms with Crippen LogP contribution in [0.3, 0.4) is 0 Å². The van der Waals surface area contributed by atoms with Crippen molar-refractivity contribution in [2.75, 3.05) is 19.8 Å². The Kier molecular flexibility index (Phi) is 4.78. The molecule has 0 aromatic rings. The molecule has 0 spiro atoms. The lowest BCUT2D eigenvalue weighted by atomic mass is 10.2. The van der Waals surface area contributed by atoms with Gasteiger partial charge >= 0.3 is 0 Å². The molecule has 1 atom stereocenters. The molecule has 4 nitrogen and oxygen atoms in total. The van der Waals surface area contributed by atoms with Crippen molar-refractivity contribution in [3.05, 3.63) is 0 Å². The Hall–Kier alpha value is -0.610. The van der Waals surface area contributed by atoms with Crippen LogP contribution in [0.4, 0.5) is 0 Å². The number of hydrogen-bond acceptors (Lipinski definition) is 3. The molecule has 1 rings (SSSR count). The predicted molar refractivity (Wildman–Crippen MR) is 50.9 cm³/mol. The van der Waals surface area contributed by atoms with Gasteiger partial charge in [-0.15, -0.1) is 0 Å². The van der Waals surface area contributed by atoms with E-state index in [4.69, 9.17) is 14.9 Å². The molecule has 0 aliphatic carbocycles. The Morgan fingerprint density at radius 1 is 1.62 bits per heavy atom. The van der Waals surface area contributed by atoms with Crippen molar-refractivity contribution in [3.8, 4) is 0 Å². The van der Waals surface area contributed by atoms with Crippen molar-refractivity contribution in [1.29, 1.82) is 5.41 Å². The van der Waals surface area contributed by atoms with Gasteiger partial charge in [-0.1, -0.05) is 0 Å². The highest BCUT2D eigenvalue weighted by Gasteiger charge is 2.14. The van der Waals surface area contributed by atoms with Crippen LogP contribution >= 0.6 is 0 Å². The lowest BCUT2D eigenvalue weighted by Gasteiger charge is -2.22. The van der Waals surface area contributed by atoms with Crippen molar-refractivity contribution >= 4 is 5.84 Å². The molecular formula is C9H18N2O2. The van der Waals surface area contributed by atoms with E-state index in [1.54, 1.807) is 0 Å². The molecule has 1 aliphatic rings. The van der Waals surface area contributed by atoms with Gasteiger partial charge in [0.15, 0.2) is 6.29 Å². The molecule has 1 saturated heterocycles. The van der Waals surface area contributed by atoms with E-state index in [0.29, 0.717) is 12.4 Å². The molecule has 0 amide bonds. The SMILES string of the molecule is CCNC(=N)COC1CCCCO1. The smallest absolute Gasteiger partial charge is 0.158 e. The second kappa shape index (κ2) is 5.94. The van der Waals surface area contributed by atoms with E-state index in [1.165, 1.54) is 6.42 Å². The van der Waals surface area contributed by atoms with E-state index in [2.05, 4.69) is 5.32 Å². The number of rotatable bonds is 4. The average molecular weight is 186 g/mol. The molecule has 1 fully saturated rings. The maximum atomic E-state index is 7.42. The quantitative estimate of drug-likeness (QED) is 0.511. The van der Waals surface area contributed by atoms with Gasteiger partial charge in [-0.3, -0.25) is 5.41 Å². The highest BCUT2D eigenvalue weighted by Crippen LogP contribution is 2.13. The Morgan fingerprint density at radius 3 is 3.08 bits per heavy atom. The van der Waals surface area contributed by atoms with E-state index in [-0.39, 0.29) is 6.29 Å². The van der Waals surface area contributed by atoms with Crippen LogP contribution < -0.4 is 5.32 Å². The Bertz CT molecular complexity index is 156. The Morgan fingerprint density at radius 2 is 2.46 bits per heavy atom. The monoisotopic (exact) mass is 186 g/mol. The number of likely N-dealkylation sites (N-methyl/N-ethyl adjacent to an activating group) is 1. The number of nitrogens with one attached hydrogen (secondary N) is 2. The zero-order valence-corrected chi connectivity index (χ0v) is 8.14. The summed E-state index contributed by atoms with van der Waals surface area (Å²) in [7, 11) is 0. The molecule has 0 aromatic heterocycles. The molecule has 0 aromatic carbocycles. The van der Waals surface area contributed by atoms with Gasteiger partial charge in [-0.25, -0.2) is 0 Å². The molecule has 4 heteroatoms. The van der Waals surface area contributed by atoms with E-state index in [0.717, 1.165) is 26.0 Å². The molecule has 1 heterocycles. The van der Waals surface area contributed by atoms with Crippen molar-refractivity contribution in [3.63, 3.8) is 0 Å². The van der Waals surface area contributed by atoms with E-state index in [1.807, 2.05) is 6.92 Å². The van der Waals surface area contributed by atoms with Gasteiger partial charge in [0.1, 0.15) is 12.4 Å². The first-order chi connectivity index (χ1) is 6.33. The third kappa shape index (κ3) is 4.24. The second-order valence-electron chi connectivity index (χ2n) is 3.12. The van der Waals surface area contributed by atoms with E-state index >= 15 is 0 Å². The minimum absolute atomic E-state index is 0.0900. The van der Waals surface area contributed by atoms with Gasteiger partial charge in [-0.05, 0) is 26.2 Å². The molecule has 0 bridgehead atoms. The Balaban J connectivity index is 2.06. The van der Waals surface area contributed by atoms with Crippen LogP contribution in [0.25, 0.3) is 0 Å². The summed E-state index contributed by atoms with van der Waals surface area (Å²) < 4.78 is 10.7. The van der Waals surface area contributed by atoms with Crippen molar-refractivity contribution in [1.82, 2.24) is 5.32 Å². The molecular weight excluding hydrogens is 168 g/mol. The molecule has 76 valence electrons. The lowest BCUT2D eigenvalue weighted by Crippen LogP contribution is -2.31. The molecule has 13 heavy (non-hydrogen) atoms. The molecule has 1 aliphatic heterocycles. The fourth-order valence-electron chi connectivity index (χ4n) is 1.28. The van der Waals surface area contributed by atoms with Crippen LogP contribution in [0.5, 0.6) is 0 Å². The molecule has 2 N–H and O–H groups in total. The van der Waals surface area contributed by atoms with Gasteiger partial charge in [0, 0.05) is 13.2 Å². The topological polar surface area (TPSA) is 54.3 Å². The van der Waals surface area contributed by atoms with Crippen molar-refractivity contribution in [2.24, 2.45) is 0 Å². The van der Waals surface area contributed by atoms with Crippen LogP contribution in [0, 0.1) is 5.41 Å². The number of amidine groups is 1. The van der Waals surface area contributed by atoms with Crippen LogP contribution in [0.15, 0.2) is 0 Å². The highest BCUT2D eigenvalue weighted by atomic mass is 16.7. The summed E-state index contributed by atoms with van der Waals surface area (Å²) in [5.41, 5.74) is 0. The third-order valence-electron chi connectivity index (χ3n) is 1.94. The highest BCUT2D eigenvalue weighted by molar-refractivity contribution is 5.80. The molecule has 0 saturated carbocycles. The minimum atomic E-state index is -0.0900. The summed E-state index contributed by atoms with van der Waals surface area (Å²) in [5, 5.41) is 10.3. The maximum Gasteiger partial charge on any atom is 0.158 e. The van der Waals surface area contributed by atoms with Gasteiger partial charge in [0.25, 0.3) is 0 Å². The third-order valence-corrected chi connectivity index (χ3v) is 1.94. The van der Waals surface area contributed by atoms with Crippen LogP contribution in [0.1, 0.15) is 26.2 Å². The molecule has 1 unspecified atom stereocenters. The summed E-state index contributed by atoms with van der Waals surface area (Å²) >= 11 is 0. The standard InChI is InChI=1S/C9H18N2O2/c1-2-11-8(10)7-13-9-5-3-4-6-12-9/h9H,2-7H2,1H3,(H2,10,11). The van der Waals surface area contributed by atoms with Crippen LogP contribution in [-0.2, 0) is 9.47 Å². The first-order valence-electron chi connectivity index (χ1n) is 4.87. The lowest BCUT2D eigenvalue weighted by molar-refractivity contribution is -0.153. The summed E-state index contributed by atoms with van der Waals surface area (Å²) in [6.07, 6.45) is 3.16. The predicted octanol–water partition coefficient (Wildman–Crippen LogP) is 1.12. The fourth-order valence-corrected chi connectivity index (χ4v) is 1.28.